The molecule has 0 spiro atoms. The van der Waals surface area contributed by atoms with E-state index < -0.39 is 10.0 Å². The molecule has 0 radical (unpaired) electrons. The summed E-state index contributed by atoms with van der Waals surface area (Å²) in [6.07, 6.45) is 0. The number of hydrogen-bond acceptors (Lipinski definition) is 5. The van der Waals surface area contributed by atoms with E-state index in [1.807, 2.05) is 0 Å². The van der Waals surface area contributed by atoms with Gasteiger partial charge in [0.05, 0.1) is 11.6 Å². The molecule has 0 aliphatic carbocycles. The van der Waals surface area contributed by atoms with Gasteiger partial charge in [-0.15, -0.1) is 0 Å². The number of thiazole rings is 1. The molecule has 6 nitrogen and oxygen atoms in total. The molecule has 2 rings (SSSR count). The van der Waals surface area contributed by atoms with Crippen LogP contribution in [0.3, 0.4) is 0 Å². The van der Waals surface area contributed by atoms with Crippen LogP contribution in [-0.4, -0.2) is 20.4 Å². The molecule has 0 saturated carbocycles. The van der Waals surface area contributed by atoms with Crippen LogP contribution in [0.4, 0.5) is 0 Å². The summed E-state index contributed by atoms with van der Waals surface area (Å²) in [5.74, 6) is 0. The SMILES string of the molecule is CNCc1ccc(Cl)c(S(=O)(=O)NCc2csc(=O)[nH]2)c1. The van der Waals surface area contributed by atoms with Crippen molar-refractivity contribution in [1.82, 2.24) is 15.0 Å². The Morgan fingerprint density at radius 3 is 2.71 bits per heavy atom. The van der Waals surface area contributed by atoms with Gasteiger partial charge in [-0.25, -0.2) is 13.1 Å². The molecule has 1 aromatic heterocycles. The normalized spacial score (nSPS) is 11.7. The summed E-state index contributed by atoms with van der Waals surface area (Å²) >= 11 is 6.95. The molecular formula is C12H14ClN3O3S2. The molecule has 1 heterocycles. The number of halogens is 1. The number of rotatable bonds is 6. The standard InChI is InChI=1S/C12H14ClN3O3S2/c1-14-5-8-2-3-10(13)11(4-8)21(18,19)15-6-9-7-20-12(17)16-9/h2-4,7,14-15H,5-6H2,1H3,(H,16,17). The zero-order valence-electron chi connectivity index (χ0n) is 11.1. The molecule has 114 valence electrons. The Labute approximate surface area is 131 Å². The van der Waals surface area contributed by atoms with E-state index >= 15 is 0 Å². The molecular weight excluding hydrogens is 334 g/mol. The third-order valence-corrected chi connectivity index (χ3v) is 5.29. The number of aromatic nitrogens is 1. The average molecular weight is 348 g/mol. The fourth-order valence-electron chi connectivity index (χ4n) is 1.72. The highest BCUT2D eigenvalue weighted by Gasteiger charge is 2.18. The molecule has 9 heteroatoms. The van der Waals surface area contributed by atoms with Crippen molar-refractivity contribution in [3.05, 3.63) is 49.5 Å². The second-order valence-electron chi connectivity index (χ2n) is 4.29. The Hall–Kier alpha value is -1.19. The van der Waals surface area contributed by atoms with Gasteiger partial charge in [0.1, 0.15) is 4.90 Å². The number of sulfonamides is 1. The van der Waals surface area contributed by atoms with Gasteiger partial charge in [0.25, 0.3) is 0 Å². The Kier molecular flexibility index (Phi) is 5.17. The summed E-state index contributed by atoms with van der Waals surface area (Å²) in [5.41, 5.74) is 1.32. The monoisotopic (exact) mass is 347 g/mol. The van der Waals surface area contributed by atoms with Crippen LogP contribution in [-0.2, 0) is 23.1 Å². The van der Waals surface area contributed by atoms with Crippen LogP contribution >= 0.6 is 22.9 Å². The summed E-state index contributed by atoms with van der Waals surface area (Å²) in [6.45, 7) is 0.547. The smallest absolute Gasteiger partial charge is 0.304 e. The first-order valence-corrected chi connectivity index (χ1v) is 8.76. The van der Waals surface area contributed by atoms with Crippen molar-refractivity contribution < 1.29 is 8.42 Å². The van der Waals surface area contributed by atoms with Crippen LogP contribution in [0, 0.1) is 0 Å². The zero-order valence-corrected chi connectivity index (χ0v) is 13.5. The highest BCUT2D eigenvalue weighted by atomic mass is 35.5. The van der Waals surface area contributed by atoms with E-state index in [1.54, 1.807) is 24.6 Å². The number of benzene rings is 1. The molecule has 0 saturated heterocycles. The zero-order chi connectivity index (χ0) is 15.5. The first-order chi connectivity index (χ1) is 9.92. The van der Waals surface area contributed by atoms with Crippen LogP contribution in [0.1, 0.15) is 11.3 Å². The number of H-pyrrole nitrogens is 1. The molecule has 21 heavy (non-hydrogen) atoms. The third-order valence-electron chi connectivity index (χ3n) is 2.69. The van der Waals surface area contributed by atoms with Crippen molar-refractivity contribution in [2.75, 3.05) is 7.05 Å². The Morgan fingerprint density at radius 2 is 2.10 bits per heavy atom. The van der Waals surface area contributed by atoms with Gasteiger partial charge in [-0.1, -0.05) is 29.0 Å². The van der Waals surface area contributed by atoms with Gasteiger partial charge < -0.3 is 10.3 Å². The van der Waals surface area contributed by atoms with Crippen molar-refractivity contribution in [3.63, 3.8) is 0 Å². The van der Waals surface area contributed by atoms with Crippen molar-refractivity contribution >= 4 is 33.0 Å². The number of nitrogens with one attached hydrogen (secondary N) is 3. The van der Waals surface area contributed by atoms with Crippen molar-refractivity contribution in [2.24, 2.45) is 0 Å². The van der Waals surface area contributed by atoms with E-state index in [9.17, 15) is 13.2 Å². The van der Waals surface area contributed by atoms with Gasteiger partial charge in [-0.05, 0) is 24.7 Å². The minimum Gasteiger partial charge on any atom is -0.316 e. The van der Waals surface area contributed by atoms with Gasteiger partial charge in [-0.2, -0.15) is 0 Å². The number of hydrogen-bond donors (Lipinski definition) is 3. The maximum Gasteiger partial charge on any atom is 0.304 e. The molecule has 0 amide bonds. The van der Waals surface area contributed by atoms with E-state index in [0.717, 1.165) is 16.9 Å². The Bertz CT molecular complexity index is 783. The van der Waals surface area contributed by atoms with Gasteiger partial charge in [-0.3, -0.25) is 4.79 Å². The second-order valence-corrected chi connectivity index (χ2v) is 7.28. The maximum atomic E-state index is 12.3. The highest BCUT2D eigenvalue weighted by molar-refractivity contribution is 7.89. The fourth-order valence-corrected chi connectivity index (χ4v) is 3.85. The van der Waals surface area contributed by atoms with Crippen LogP contribution in [0.5, 0.6) is 0 Å². The van der Waals surface area contributed by atoms with E-state index in [0.29, 0.717) is 12.2 Å². The molecule has 2 aromatic rings. The van der Waals surface area contributed by atoms with Gasteiger partial charge in [0.15, 0.2) is 0 Å². The van der Waals surface area contributed by atoms with Gasteiger partial charge >= 0.3 is 4.87 Å². The Morgan fingerprint density at radius 1 is 1.33 bits per heavy atom. The van der Waals surface area contributed by atoms with Crippen LogP contribution in [0.15, 0.2) is 33.3 Å². The molecule has 0 aliphatic rings. The maximum absolute atomic E-state index is 12.3. The van der Waals surface area contributed by atoms with E-state index in [1.165, 1.54) is 6.07 Å². The summed E-state index contributed by atoms with van der Waals surface area (Å²) in [4.78, 5) is 13.4. The molecule has 0 fully saturated rings. The molecule has 0 unspecified atom stereocenters. The van der Waals surface area contributed by atoms with Crippen LogP contribution < -0.4 is 14.9 Å². The largest absolute Gasteiger partial charge is 0.316 e. The molecule has 0 bridgehead atoms. The lowest BCUT2D eigenvalue weighted by Gasteiger charge is -2.09. The Balaban J connectivity index is 2.22. The van der Waals surface area contributed by atoms with Gasteiger partial charge in [0, 0.05) is 17.6 Å². The minimum absolute atomic E-state index is 0.00760. The van der Waals surface area contributed by atoms with E-state index in [4.69, 9.17) is 11.6 Å². The quantitative estimate of drug-likeness (QED) is 0.734. The fraction of sp³-hybridized carbons (Fsp3) is 0.250. The lowest BCUT2D eigenvalue weighted by Crippen LogP contribution is -2.24. The lowest BCUT2D eigenvalue weighted by atomic mass is 10.2. The van der Waals surface area contributed by atoms with Gasteiger partial charge in [0.2, 0.25) is 10.0 Å². The average Bonchev–Trinajstić information content (AvgIpc) is 2.85. The third kappa shape index (κ3) is 4.14. The minimum atomic E-state index is -3.75. The summed E-state index contributed by atoms with van der Waals surface area (Å²) in [7, 11) is -1.98. The molecule has 3 N–H and O–H groups in total. The van der Waals surface area contributed by atoms with Crippen molar-refractivity contribution in [1.29, 1.82) is 0 Å². The predicted molar refractivity (Wildman–Crippen MR) is 83.2 cm³/mol. The topological polar surface area (TPSA) is 91.1 Å². The lowest BCUT2D eigenvalue weighted by molar-refractivity contribution is 0.580. The van der Waals surface area contributed by atoms with E-state index in [2.05, 4.69) is 15.0 Å². The second kappa shape index (κ2) is 6.71. The van der Waals surface area contributed by atoms with Crippen LogP contribution in [0.25, 0.3) is 0 Å². The molecule has 0 aliphatic heterocycles. The summed E-state index contributed by atoms with van der Waals surface area (Å²) in [6, 6.07) is 4.83. The summed E-state index contributed by atoms with van der Waals surface area (Å²) < 4.78 is 27.0. The molecule has 0 atom stereocenters. The highest BCUT2D eigenvalue weighted by Crippen LogP contribution is 2.22. The first-order valence-electron chi connectivity index (χ1n) is 6.02. The first kappa shape index (κ1) is 16.2. The summed E-state index contributed by atoms with van der Waals surface area (Å²) in [5, 5.41) is 4.67. The molecule has 1 aromatic carbocycles. The van der Waals surface area contributed by atoms with Crippen molar-refractivity contribution in [2.45, 2.75) is 18.0 Å². The van der Waals surface area contributed by atoms with Crippen molar-refractivity contribution in [3.8, 4) is 0 Å². The number of aromatic amines is 1. The predicted octanol–water partition coefficient (Wildman–Crippen LogP) is 1.29. The van der Waals surface area contributed by atoms with E-state index in [-0.39, 0.29) is 21.3 Å². The van der Waals surface area contributed by atoms with Crippen LogP contribution in [0.2, 0.25) is 5.02 Å².